The van der Waals surface area contributed by atoms with Gasteiger partial charge in [0, 0.05) is 25.8 Å². The van der Waals surface area contributed by atoms with Gasteiger partial charge in [0.15, 0.2) is 0 Å². The first-order chi connectivity index (χ1) is 30.6. The van der Waals surface area contributed by atoms with Crippen molar-refractivity contribution in [2.75, 3.05) is 13.2 Å². The third-order valence-electron chi connectivity index (χ3n) is 12.7. The summed E-state index contributed by atoms with van der Waals surface area (Å²) in [6, 6.07) is 0. The molecule has 0 fully saturated rings. The fraction of sp³-hybridized carbons (Fsp3) is 0.877. The molecule has 0 aliphatic rings. The SMILES string of the molecule is CCCCCCCC/C=C\CCCCCCCC(=O)N(CCCOC(=O)CCCCCCCCCCCCCCCCC)C(=O)CCCCCCC/C=C\CCCCCCCC. The van der Waals surface area contributed by atoms with Crippen LogP contribution in [0.4, 0.5) is 0 Å². The van der Waals surface area contributed by atoms with Crippen LogP contribution in [-0.2, 0) is 19.1 Å². The zero-order chi connectivity index (χ0) is 45.1. The Kier molecular flexibility index (Phi) is 50.1. The quantitative estimate of drug-likeness (QED) is 0.0347. The molecule has 0 bridgehead atoms. The summed E-state index contributed by atoms with van der Waals surface area (Å²) in [5, 5.41) is 0. The van der Waals surface area contributed by atoms with E-state index >= 15 is 0 Å². The Morgan fingerprint density at radius 1 is 0.323 bits per heavy atom. The molecule has 0 aliphatic carbocycles. The summed E-state index contributed by atoms with van der Waals surface area (Å²) < 4.78 is 5.55. The van der Waals surface area contributed by atoms with Crippen LogP contribution in [0.1, 0.15) is 310 Å². The van der Waals surface area contributed by atoms with Crippen molar-refractivity contribution >= 4 is 17.8 Å². The molecule has 0 aromatic rings. The average Bonchev–Trinajstić information content (AvgIpc) is 3.27. The van der Waals surface area contributed by atoms with E-state index in [-0.39, 0.29) is 24.4 Å². The summed E-state index contributed by atoms with van der Waals surface area (Å²) in [5.41, 5.74) is 0. The molecule has 5 nitrogen and oxygen atoms in total. The Labute approximate surface area is 387 Å². The van der Waals surface area contributed by atoms with Crippen LogP contribution in [0, 0.1) is 0 Å². The van der Waals surface area contributed by atoms with Crippen LogP contribution in [0.2, 0.25) is 0 Å². The van der Waals surface area contributed by atoms with Gasteiger partial charge < -0.3 is 4.74 Å². The van der Waals surface area contributed by atoms with E-state index in [0.717, 1.165) is 64.2 Å². The summed E-state index contributed by atoms with van der Waals surface area (Å²) >= 11 is 0. The van der Waals surface area contributed by atoms with Crippen LogP contribution in [-0.4, -0.2) is 35.8 Å². The van der Waals surface area contributed by atoms with Crippen molar-refractivity contribution < 1.29 is 19.1 Å². The van der Waals surface area contributed by atoms with E-state index in [2.05, 4.69) is 45.1 Å². The van der Waals surface area contributed by atoms with Crippen molar-refractivity contribution in [3.8, 4) is 0 Å². The van der Waals surface area contributed by atoms with E-state index < -0.39 is 0 Å². The highest BCUT2D eigenvalue weighted by Crippen LogP contribution is 2.16. The summed E-state index contributed by atoms with van der Waals surface area (Å²) in [6.45, 7) is 7.44. The number of rotatable bonds is 50. The summed E-state index contributed by atoms with van der Waals surface area (Å²) in [5.74, 6) is -0.250. The largest absolute Gasteiger partial charge is 0.466 e. The lowest BCUT2D eigenvalue weighted by molar-refractivity contribution is -0.145. The molecule has 0 unspecified atom stereocenters. The van der Waals surface area contributed by atoms with Gasteiger partial charge in [-0.15, -0.1) is 0 Å². The predicted octanol–water partition coefficient (Wildman–Crippen LogP) is 18.6. The molecule has 364 valence electrons. The fourth-order valence-corrected chi connectivity index (χ4v) is 8.47. The van der Waals surface area contributed by atoms with E-state index in [1.807, 2.05) is 0 Å². The average molecular weight is 870 g/mol. The number of hydrogen-bond acceptors (Lipinski definition) is 4. The number of imide groups is 1. The molecule has 0 atom stereocenters. The van der Waals surface area contributed by atoms with Gasteiger partial charge >= 0.3 is 5.97 Å². The molecule has 0 N–H and O–H groups in total. The Balaban J connectivity index is 4.36. The molecular weight excluding hydrogens is 763 g/mol. The van der Waals surface area contributed by atoms with E-state index in [4.69, 9.17) is 4.74 Å². The second-order valence-electron chi connectivity index (χ2n) is 18.9. The minimum Gasteiger partial charge on any atom is -0.466 e. The second-order valence-corrected chi connectivity index (χ2v) is 18.9. The van der Waals surface area contributed by atoms with Gasteiger partial charge in [-0.3, -0.25) is 19.3 Å². The van der Waals surface area contributed by atoms with Gasteiger partial charge in [-0.2, -0.15) is 0 Å². The summed E-state index contributed by atoms with van der Waals surface area (Å²) in [4.78, 5) is 40.7. The van der Waals surface area contributed by atoms with Crippen LogP contribution in [0.15, 0.2) is 24.3 Å². The maximum atomic E-state index is 13.4. The van der Waals surface area contributed by atoms with Gasteiger partial charge in [0.05, 0.1) is 6.61 Å². The fourth-order valence-electron chi connectivity index (χ4n) is 8.47. The first kappa shape index (κ1) is 60.1. The van der Waals surface area contributed by atoms with Crippen molar-refractivity contribution in [3.05, 3.63) is 24.3 Å². The molecule has 0 aromatic carbocycles. The third kappa shape index (κ3) is 46.1. The number of carbonyl (C=O) groups excluding carboxylic acids is 3. The van der Waals surface area contributed by atoms with Gasteiger partial charge in [-0.05, 0) is 77.0 Å². The Hall–Kier alpha value is -1.91. The molecular formula is C57H107NO4. The van der Waals surface area contributed by atoms with E-state index in [9.17, 15) is 14.4 Å². The minimum atomic E-state index is -0.148. The molecule has 5 heteroatoms. The van der Waals surface area contributed by atoms with Crippen LogP contribution < -0.4 is 0 Å². The van der Waals surface area contributed by atoms with Crippen molar-refractivity contribution in [3.63, 3.8) is 0 Å². The Morgan fingerprint density at radius 3 is 0.887 bits per heavy atom. The van der Waals surface area contributed by atoms with Crippen LogP contribution in [0.5, 0.6) is 0 Å². The standard InChI is InChI=1S/C57H107NO4/c1-4-7-10-13-16-19-22-25-28-31-34-37-40-43-46-50-55(59)58(56(60)51-47-44-41-38-35-32-29-26-23-20-17-14-11-8-5-2)53-49-54-62-57(61)52-48-45-42-39-36-33-30-27-24-21-18-15-12-9-6-3/h25-26,28-29H,4-24,27,30-54H2,1-3H3/b28-25-,29-26-. The highest BCUT2D eigenvalue weighted by Gasteiger charge is 2.20. The molecule has 0 spiro atoms. The maximum absolute atomic E-state index is 13.4. The van der Waals surface area contributed by atoms with Crippen molar-refractivity contribution in [1.29, 1.82) is 0 Å². The molecule has 62 heavy (non-hydrogen) atoms. The van der Waals surface area contributed by atoms with Crippen LogP contribution in [0.3, 0.4) is 0 Å². The normalized spacial score (nSPS) is 11.7. The molecule has 0 saturated carbocycles. The van der Waals surface area contributed by atoms with Gasteiger partial charge in [0.2, 0.25) is 11.8 Å². The molecule has 0 aliphatic heterocycles. The number of allylic oxidation sites excluding steroid dienone is 4. The molecule has 0 heterocycles. The van der Waals surface area contributed by atoms with Crippen molar-refractivity contribution in [2.45, 2.75) is 310 Å². The number of unbranched alkanes of at least 4 members (excludes halogenated alkanes) is 36. The molecule has 0 radical (unpaired) electrons. The zero-order valence-corrected chi connectivity index (χ0v) is 42.1. The van der Waals surface area contributed by atoms with Crippen molar-refractivity contribution in [2.24, 2.45) is 0 Å². The number of hydrogen-bond donors (Lipinski definition) is 0. The Bertz CT molecular complexity index is 953. The molecule has 2 amide bonds. The van der Waals surface area contributed by atoms with Gasteiger partial charge in [-0.1, -0.05) is 238 Å². The molecule has 0 aromatic heterocycles. The van der Waals surface area contributed by atoms with E-state index in [1.54, 1.807) is 0 Å². The van der Waals surface area contributed by atoms with Crippen LogP contribution >= 0.6 is 0 Å². The number of amides is 2. The highest BCUT2D eigenvalue weighted by molar-refractivity contribution is 5.95. The lowest BCUT2D eigenvalue weighted by Gasteiger charge is -2.21. The third-order valence-corrected chi connectivity index (χ3v) is 12.7. The minimum absolute atomic E-state index is 0.0514. The summed E-state index contributed by atoms with van der Waals surface area (Å²) in [7, 11) is 0. The lowest BCUT2D eigenvalue weighted by atomic mass is 10.0. The van der Waals surface area contributed by atoms with E-state index in [0.29, 0.717) is 32.2 Å². The summed E-state index contributed by atoms with van der Waals surface area (Å²) in [6.07, 6.45) is 62.6. The number of ether oxygens (including phenoxy) is 1. The highest BCUT2D eigenvalue weighted by atomic mass is 16.5. The van der Waals surface area contributed by atoms with Crippen molar-refractivity contribution in [1.82, 2.24) is 4.90 Å². The zero-order valence-electron chi connectivity index (χ0n) is 42.1. The van der Waals surface area contributed by atoms with Gasteiger partial charge in [0.25, 0.3) is 0 Å². The second kappa shape index (κ2) is 51.7. The van der Waals surface area contributed by atoms with Gasteiger partial charge in [-0.25, -0.2) is 0 Å². The van der Waals surface area contributed by atoms with E-state index in [1.165, 1.54) is 204 Å². The number of carbonyl (C=O) groups is 3. The topological polar surface area (TPSA) is 63.7 Å². The number of nitrogens with zero attached hydrogens (tertiary/aromatic N) is 1. The number of esters is 1. The lowest BCUT2D eigenvalue weighted by Crippen LogP contribution is -2.38. The van der Waals surface area contributed by atoms with Crippen LogP contribution in [0.25, 0.3) is 0 Å². The molecule has 0 saturated heterocycles. The predicted molar refractivity (Wildman–Crippen MR) is 271 cm³/mol. The first-order valence-corrected chi connectivity index (χ1v) is 27.9. The smallest absolute Gasteiger partial charge is 0.305 e. The Morgan fingerprint density at radius 2 is 0.581 bits per heavy atom. The molecule has 0 rings (SSSR count). The monoisotopic (exact) mass is 870 g/mol. The first-order valence-electron chi connectivity index (χ1n) is 27.9. The van der Waals surface area contributed by atoms with Gasteiger partial charge in [0.1, 0.15) is 0 Å². The maximum Gasteiger partial charge on any atom is 0.305 e.